The van der Waals surface area contributed by atoms with Crippen molar-refractivity contribution in [3.63, 3.8) is 0 Å². The fraction of sp³-hybridized carbons (Fsp3) is 0.800. The zero-order chi connectivity index (χ0) is 12.6. The Hall–Kier alpha value is -0.410. The molecule has 2 nitrogen and oxygen atoms in total. The van der Waals surface area contributed by atoms with E-state index in [9.17, 15) is 0 Å². The number of hydrogen-bond donors (Lipinski definition) is 1. The monoisotopic (exact) mass is 266 g/mol. The summed E-state index contributed by atoms with van der Waals surface area (Å²) >= 11 is 1.93. The van der Waals surface area contributed by atoms with Gasteiger partial charge in [-0.25, -0.2) is 4.98 Å². The van der Waals surface area contributed by atoms with Crippen LogP contribution in [0.5, 0.6) is 0 Å². The number of aryl methyl sites for hydroxylation is 1. The Labute approximate surface area is 115 Å². The molecular weight excluding hydrogens is 240 g/mol. The van der Waals surface area contributed by atoms with Gasteiger partial charge in [0.2, 0.25) is 0 Å². The van der Waals surface area contributed by atoms with Gasteiger partial charge >= 0.3 is 0 Å². The van der Waals surface area contributed by atoms with Crippen molar-refractivity contribution < 1.29 is 0 Å². The van der Waals surface area contributed by atoms with Crippen molar-refractivity contribution in [3.8, 4) is 0 Å². The van der Waals surface area contributed by atoms with Crippen molar-refractivity contribution in [3.05, 3.63) is 15.6 Å². The number of nitrogens with zero attached hydrogens (tertiary/aromatic N) is 1. The summed E-state index contributed by atoms with van der Waals surface area (Å²) in [6, 6.07) is 0. The Balaban J connectivity index is 1.60. The maximum atomic E-state index is 4.78. The molecule has 0 aromatic carbocycles. The lowest BCUT2D eigenvalue weighted by molar-refractivity contribution is 0.588. The van der Waals surface area contributed by atoms with Crippen molar-refractivity contribution >= 4 is 11.3 Å². The van der Waals surface area contributed by atoms with Crippen LogP contribution < -0.4 is 5.32 Å². The van der Waals surface area contributed by atoms with E-state index >= 15 is 0 Å². The van der Waals surface area contributed by atoms with E-state index in [1.54, 1.807) is 0 Å². The van der Waals surface area contributed by atoms with Crippen LogP contribution in [0.4, 0.5) is 0 Å². The number of nitrogens with one attached hydrogen (secondary N) is 1. The second-order valence-electron chi connectivity index (χ2n) is 5.28. The largest absolute Gasteiger partial charge is 0.311 e. The molecule has 0 atom stereocenters. The Morgan fingerprint density at radius 2 is 1.89 bits per heavy atom. The molecule has 2 heterocycles. The van der Waals surface area contributed by atoms with Crippen LogP contribution in [-0.2, 0) is 19.4 Å². The van der Waals surface area contributed by atoms with Crippen molar-refractivity contribution in [1.29, 1.82) is 0 Å². The van der Waals surface area contributed by atoms with Gasteiger partial charge in [0.25, 0.3) is 0 Å². The van der Waals surface area contributed by atoms with E-state index < -0.39 is 0 Å². The first-order valence-corrected chi connectivity index (χ1v) is 8.40. The van der Waals surface area contributed by atoms with Gasteiger partial charge in [-0.2, -0.15) is 0 Å². The topological polar surface area (TPSA) is 24.9 Å². The average molecular weight is 266 g/mol. The number of rotatable bonds is 8. The lowest BCUT2D eigenvalue weighted by Crippen LogP contribution is -2.22. The smallest absolute Gasteiger partial charge is 0.0931 e. The first-order chi connectivity index (χ1) is 8.90. The third-order valence-corrected chi connectivity index (χ3v) is 4.80. The Kier molecular flexibility index (Phi) is 6.15. The van der Waals surface area contributed by atoms with Crippen molar-refractivity contribution in [2.45, 2.75) is 71.3 Å². The second-order valence-corrected chi connectivity index (χ2v) is 6.44. The normalized spacial score (nSPS) is 14.7. The minimum Gasteiger partial charge on any atom is -0.311 e. The van der Waals surface area contributed by atoms with E-state index in [-0.39, 0.29) is 0 Å². The van der Waals surface area contributed by atoms with Gasteiger partial charge in [0.1, 0.15) is 0 Å². The van der Waals surface area contributed by atoms with Crippen LogP contribution in [0.3, 0.4) is 0 Å². The highest BCUT2D eigenvalue weighted by Gasteiger charge is 2.13. The molecule has 1 aromatic heterocycles. The van der Waals surface area contributed by atoms with Crippen LogP contribution >= 0.6 is 11.3 Å². The van der Waals surface area contributed by atoms with Gasteiger partial charge in [0.05, 0.1) is 10.7 Å². The maximum absolute atomic E-state index is 4.78. The predicted octanol–water partition coefficient (Wildman–Crippen LogP) is 4.08. The summed E-state index contributed by atoms with van der Waals surface area (Å²) < 4.78 is 0. The van der Waals surface area contributed by atoms with Crippen LogP contribution in [-0.4, -0.2) is 11.5 Å². The fourth-order valence-corrected chi connectivity index (χ4v) is 3.65. The second kappa shape index (κ2) is 7.90. The number of hydrogen-bond acceptors (Lipinski definition) is 3. The minimum atomic E-state index is 1.05. The molecule has 1 aromatic rings. The molecule has 0 radical (unpaired) electrons. The molecule has 2 rings (SSSR count). The van der Waals surface area contributed by atoms with Gasteiger partial charge in [0.15, 0.2) is 0 Å². The zero-order valence-corrected chi connectivity index (χ0v) is 12.5. The lowest BCUT2D eigenvalue weighted by atomic mass is 10.1. The van der Waals surface area contributed by atoms with Gasteiger partial charge in [-0.15, -0.1) is 11.3 Å². The van der Waals surface area contributed by atoms with Gasteiger partial charge < -0.3 is 5.32 Å². The Bertz CT molecular complexity index is 323. The highest BCUT2D eigenvalue weighted by atomic mass is 32.1. The van der Waals surface area contributed by atoms with Gasteiger partial charge in [-0.05, 0) is 12.8 Å². The lowest BCUT2D eigenvalue weighted by Gasteiger charge is -2.09. The first kappa shape index (κ1) is 14.0. The summed E-state index contributed by atoms with van der Waals surface area (Å²) in [6.07, 6.45) is 12.0. The van der Waals surface area contributed by atoms with E-state index in [1.165, 1.54) is 66.9 Å². The van der Waals surface area contributed by atoms with Crippen molar-refractivity contribution in [2.24, 2.45) is 0 Å². The standard InChI is InChI=1S/C15H26N2S/c1-2-3-4-5-6-7-8-9-15-17-13-10-11-16-12-14(13)18-15/h16H,2-12H2,1H3. The third kappa shape index (κ3) is 4.36. The molecule has 0 saturated carbocycles. The summed E-state index contributed by atoms with van der Waals surface area (Å²) in [5, 5.41) is 4.79. The zero-order valence-electron chi connectivity index (χ0n) is 11.6. The first-order valence-electron chi connectivity index (χ1n) is 7.58. The fourth-order valence-electron chi connectivity index (χ4n) is 2.52. The third-order valence-electron chi connectivity index (χ3n) is 3.64. The van der Waals surface area contributed by atoms with E-state index in [0.29, 0.717) is 0 Å². The number of thiazole rings is 1. The molecule has 1 aliphatic heterocycles. The molecule has 0 aliphatic carbocycles. The Morgan fingerprint density at radius 3 is 2.67 bits per heavy atom. The molecule has 0 saturated heterocycles. The van der Waals surface area contributed by atoms with Gasteiger partial charge in [-0.1, -0.05) is 45.4 Å². The number of unbranched alkanes of at least 4 members (excludes halogenated alkanes) is 6. The van der Waals surface area contributed by atoms with Crippen LogP contribution in [0.15, 0.2) is 0 Å². The van der Waals surface area contributed by atoms with Gasteiger partial charge in [-0.3, -0.25) is 0 Å². The van der Waals surface area contributed by atoms with Crippen molar-refractivity contribution in [2.75, 3.05) is 6.54 Å². The summed E-state index contributed by atoms with van der Waals surface area (Å²) in [6.45, 7) is 4.43. The molecular formula is C15H26N2S. The summed E-state index contributed by atoms with van der Waals surface area (Å²) in [7, 11) is 0. The summed E-state index contributed by atoms with van der Waals surface area (Å²) in [4.78, 5) is 6.26. The van der Waals surface area contributed by atoms with Crippen LogP contribution in [0.1, 0.15) is 67.4 Å². The highest BCUT2D eigenvalue weighted by Crippen LogP contribution is 2.23. The van der Waals surface area contributed by atoms with Crippen molar-refractivity contribution in [1.82, 2.24) is 10.3 Å². The molecule has 18 heavy (non-hydrogen) atoms. The SMILES string of the molecule is CCCCCCCCCc1nc2c(s1)CNCC2. The molecule has 3 heteroatoms. The number of fused-ring (bicyclic) bond motifs is 1. The van der Waals surface area contributed by atoms with E-state index in [1.807, 2.05) is 11.3 Å². The highest BCUT2D eigenvalue weighted by molar-refractivity contribution is 7.11. The molecule has 0 unspecified atom stereocenters. The summed E-state index contributed by atoms with van der Waals surface area (Å²) in [5.41, 5.74) is 1.37. The van der Waals surface area contributed by atoms with E-state index in [0.717, 1.165) is 19.5 Å². The van der Waals surface area contributed by atoms with E-state index in [2.05, 4.69) is 12.2 Å². The van der Waals surface area contributed by atoms with Crippen LogP contribution in [0.25, 0.3) is 0 Å². The quantitative estimate of drug-likeness (QED) is 0.717. The molecule has 102 valence electrons. The van der Waals surface area contributed by atoms with Crippen LogP contribution in [0, 0.1) is 0 Å². The summed E-state index contributed by atoms with van der Waals surface area (Å²) in [5.74, 6) is 0. The molecule has 0 bridgehead atoms. The van der Waals surface area contributed by atoms with Crippen LogP contribution in [0.2, 0.25) is 0 Å². The molecule has 1 N–H and O–H groups in total. The minimum absolute atomic E-state index is 1.05. The molecule has 0 spiro atoms. The average Bonchev–Trinajstić information content (AvgIpc) is 2.80. The van der Waals surface area contributed by atoms with Gasteiger partial charge in [0, 0.05) is 24.4 Å². The Morgan fingerprint density at radius 1 is 1.11 bits per heavy atom. The maximum Gasteiger partial charge on any atom is 0.0931 e. The molecule has 0 amide bonds. The predicted molar refractivity (Wildman–Crippen MR) is 79.2 cm³/mol. The number of aromatic nitrogens is 1. The molecule has 0 fully saturated rings. The molecule has 1 aliphatic rings. The van der Waals surface area contributed by atoms with E-state index in [4.69, 9.17) is 4.98 Å².